The van der Waals surface area contributed by atoms with Crippen LogP contribution >= 0.6 is 11.8 Å². The number of nitrogens with one attached hydrogen (secondary N) is 1. The molecule has 0 bridgehead atoms. The number of ether oxygens (including phenoxy) is 1. The Hall–Kier alpha value is -1.16. The Labute approximate surface area is 131 Å². The first-order valence-electron chi connectivity index (χ1n) is 7.90. The molecule has 0 saturated heterocycles. The maximum atomic E-state index is 12.1. The molecule has 0 aliphatic heterocycles. The van der Waals surface area contributed by atoms with Gasteiger partial charge in [-0.15, -0.1) is 0 Å². The zero-order valence-corrected chi connectivity index (χ0v) is 13.5. The Morgan fingerprint density at radius 1 is 1.33 bits per heavy atom. The number of carbonyl (C=O) groups excluding carboxylic acids is 1. The molecule has 0 aromatic heterocycles. The van der Waals surface area contributed by atoms with E-state index in [9.17, 15) is 4.79 Å². The van der Waals surface area contributed by atoms with E-state index in [4.69, 9.17) is 4.74 Å². The fraction of sp³-hybridized carbons (Fsp3) is 0.588. The number of amides is 1. The van der Waals surface area contributed by atoms with Gasteiger partial charge in [-0.05, 0) is 31.4 Å². The van der Waals surface area contributed by atoms with E-state index in [1.807, 2.05) is 49.0 Å². The maximum absolute atomic E-state index is 12.1. The van der Waals surface area contributed by atoms with Gasteiger partial charge in [0, 0.05) is 17.5 Å². The van der Waals surface area contributed by atoms with E-state index >= 15 is 0 Å². The van der Waals surface area contributed by atoms with Gasteiger partial charge in [0.15, 0.2) is 6.10 Å². The van der Waals surface area contributed by atoms with Crippen molar-refractivity contribution in [3.05, 3.63) is 30.3 Å². The first-order valence-corrected chi connectivity index (χ1v) is 8.95. The van der Waals surface area contributed by atoms with Gasteiger partial charge < -0.3 is 10.1 Å². The van der Waals surface area contributed by atoms with Gasteiger partial charge in [-0.2, -0.15) is 11.8 Å². The Morgan fingerprint density at radius 2 is 2.05 bits per heavy atom. The fourth-order valence-electron chi connectivity index (χ4n) is 2.55. The average Bonchev–Trinajstić information content (AvgIpc) is 3.03. The molecule has 3 nitrogen and oxygen atoms in total. The molecule has 21 heavy (non-hydrogen) atoms. The summed E-state index contributed by atoms with van der Waals surface area (Å²) in [5.41, 5.74) is 0. The van der Waals surface area contributed by atoms with Crippen LogP contribution in [-0.4, -0.2) is 29.6 Å². The van der Waals surface area contributed by atoms with Crippen LogP contribution in [0.3, 0.4) is 0 Å². The summed E-state index contributed by atoms with van der Waals surface area (Å²) < 4.78 is 5.74. The van der Waals surface area contributed by atoms with E-state index in [-0.39, 0.29) is 5.91 Å². The summed E-state index contributed by atoms with van der Waals surface area (Å²) in [5.74, 6) is 1.74. The molecule has 0 spiro atoms. The SMILES string of the molecule is CCC(Oc1ccccc1)C(=O)NCCSC1CCCC1. The van der Waals surface area contributed by atoms with Crippen molar-refractivity contribution in [1.29, 1.82) is 0 Å². The van der Waals surface area contributed by atoms with Crippen molar-refractivity contribution < 1.29 is 9.53 Å². The number of hydrogen-bond donors (Lipinski definition) is 1. The molecule has 4 heteroatoms. The van der Waals surface area contributed by atoms with Crippen molar-refractivity contribution in [3.63, 3.8) is 0 Å². The summed E-state index contributed by atoms with van der Waals surface area (Å²) in [7, 11) is 0. The molecule has 2 rings (SSSR count). The first kappa shape index (κ1) is 16.2. The molecule has 0 radical (unpaired) electrons. The normalized spacial score (nSPS) is 16.6. The molecular weight excluding hydrogens is 282 g/mol. The van der Waals surface area contributed by atoms with Crippen molar-refractivity contribution in [1.82, 2.24) is 5.32 Å². The summed E-state index contributed by atoms with van der Waals surface area (Å²) in [5, 5.41) is 3.80. The first-order chi connectivity index (χ1) is 10.3. The highest BCUT2D eigenvalue weighted by Gasteiger charge is 2.18. The number of para-hydroxylation sites is 1. The highest BCUT2D eigenvalue weighted by molar-refractivity contribution is 7.99. The van der Waals surface area contributed by atoms with E-state index in [1.54, 1.807) is 0 Å². The number of benzene rings is 1. The molecule has 1 atom stereocenters. The Morgan fingerprint density at radius 3 is 2.71 bits per heavy atom. The number of thioether (sulfide) groups is 1. The van der Waals surface area contributed by atoms with Gasteiger partial charge in [0.05, 0.1) is 0 Å². The molecule has 1 fully saturated rings. The molecule has 116 valence electrons. The number of hydrogen-bond acceptors (Lipinski definition) is 3. The van der Waals surface area contributed by atoms with Crippen LogP contribution in [0.1, 0.15) is 39.0 Å². The lowest BCUT2D eigenvalue weighted by Crippen LogP contribution is -2.39. The second-order valence-corrected chi connectivity index (χ2v) is 6.80. The molecule has 1 aliphatic rings. The van der Waals surface area contributed by atoms with E-state index in [0.717, 1.165) is 23.3 Å². The van der Waals surface area contributed by atoms with E-state index in [1.165, 1.54) is 25.7 Å². The lowest BCUT2D eigenvalue weighted by molar-refractivity contribution is -0.127. The van der Waals surface area contributed by atoms with Crippen LogP contribution in [0.5, 0.6) is 5.75 Å². The van der Waals surface area contributed by atoms with Crippen molar-refractivity contribution in [2.45, 2.75) is 50.4 Å². The monoisotopic (exact) mass is 307 g/mol. The zero-order valence-electron chi connectivity index (χ0n) is 12.7. The summed E-state index contributed by atoms with van der Waals surface area (Å²) >= 11 is 1.99. The molecule has 0 heterocycles. The van der Waals surface area contributed by atoms with Crippen LogP contribution in [0.2, 0.25) is 0 Å². The smallest absolute Gasteiger partial charge is 0.261 e. The lowest BCUT2D eigenvalue weighted by Gasteiger charge is -2.17. The van der Waals surface area contributed by atoms with Crippen LogP contribution in [-0.2, 0) is 4.79 Å². The minimum Gasteiger partial charge on any atom is -0.481 e. The lowest BCUT2D eigenvalue weighted by atomic mass is 10.2. The predicted octanol–water partition coefficient (Wildman–Crippen LogP) is 3.64. The Bertz CT molecular complexity index is 418. The second-order valence-electron chi connectivity index (χ2n) is 5.40. The van der Waals surface area contributed by atoms with Crippen molar-refractivity contribution in [2.75, 3.05) is 12.3 Å². The fourth-order valence-corrected chi connectivity index (χ4v) is 3.77. The van der Waals surface area contributed by atoms with Crippen LogP contribution in [0.4, 0.5) is 0 Å². The maximum Gasteiger partial charge on any atom is 0.261 e. The number of rotatable bonds is 8. The van der Waals surface area contributed by atoms with Gasteiger partial charge in [0.1, 0.15) is 5.75 Å². The van der Waals surface area contributed by atoms with Crippen molar-refractivity contribution >= 4 is 17.7 Å². The molecule has 1 saturated carbocycles. The van der Waals surface area contributed by atoms with Crippen LogP contribution in [0.15, 0.2) is 30.3 Å². The third kappa shape index (κ3) is 5.62. The third-order valence-electron chi connectivity index (χ3n) is 3.74. The highest BCUT2D eigenvalue weighted by Crippen LogP contribution is 2.28. The van der Waals surface area contributed by atoms with Crippen LogP contribution in [0, 0.1) is 0 Å². The molecule has 1 amide bonds. The summed E-state index contributed by atoms with van der Waals surface area (Å²) in [6, 6.07) is 9.53. The van der Waals surface area contributed by atoms with Crippen molar-refractivity contribution in [3.8, 4) is 5.75 Å². The van der Waals surface area contributed by atoms with Crippen LogP contribution in [0.25, 0.3) is 0 Å². The van der Waals surface area contributed by atoms with Gasteiger partial charge in [0.2, 0.25) is 0 Å². The Balaban J connectivity index is 1.67. The summed E-state index contributed by atoms with van der Waals surface area (Å²) in [4.78, 5) is 12.1. The quantitative estimate of drug-likeness (QED) is 0.745. The average molecular weight is 307 g/mol. The van der Waals surface area contributed by atoms with E-state index < -0.39 is 6.10 Å². The van der Waals surface area contributed by atoms with Crippen molar-refractivity contribution in [2.24, 2.45) is 0 Å². The minimum atomic E-state index is -0.399. The minimum absolute atomic E-state index is 0.00613. The van der Waals surface area contributed by atoms with Gasteiger partial charge >= 0.3 is 0 Å². The summed E-state index contributed by atoms with van der Waals surface area (Å²) in [6.07, 6.45) is 5.69. The summed E-state index contributed by atoms with van der Waals surface area (Å²) in [6.45, 7) is 2.70. The zero-order chi connectivity index (χ0) is 14.9. The van der Waals surface area contributed by atoms with E-state index in [2.05, 4.69) is 5.32 Å². The molecular formula is C17H25NO2S. The molecule has 1 N–H and O–H groups in total. The second kappa shape index (κ2) is 8.98. The van der Waals surface area contributed by atoms with Gasteiger partial charge in [-0.25, -0.2) is 0 Å². The largest absolute Gasteiger partial charge is 0.481 e. The topological polar surface area (TPSA) is 38.3 Å². The molecule has 1 aromatic rings. The standard InChI is InChI=1S/C17H25NO2S/c1-2-16(20-14-8-4-3-5-9-14)17(19)18-12-13-21-15-10-6-7-11-15/h3-5,8-9,15-16H,2,6-7,10-13H2,1H3,(H,18,19). The van der Waals surface area contributed by atoms with E-state index in [0.29, 0.717) is 6.42 Å². The third-order valence-corrected chi connectivity index (χ3v) is 5.12. The Kier molecular flexibility index (Phi) is 6.93. The molecule has 1 unspecified atom stereocenters. The highest BCUT2D eigenvalue weighted by atomic mass is 32.2. The van der Waals surface area contributed by atoms with Gasteiger partial charge in [-0.1, -0.05) is 38.0 Å². The molecule has 1 aliphatic carbocycles. The molecule has 1 aromatic carbocycles. The number of carbonyl (C=O) groups is 1. The van der Waals surface area contributed by atoms with Gasteiger partial charge in [-0.3, -0.25) is 4.79 Å². The predicted molar refractivity (Wildman–Crippen MR) is 88.9 cm³/mol. The van der Waals surface area contributed by atoms with Crippen LogP contribution < -0.4 is 10.1 Å². The van der Waals surface area contributed by atoms with Gasteiger partial charge in [0.25, 0.3) is 5.91 Å².